The standard InChI is InChI=1S/C13H16N4O4/c1-6-8-11(16-7(2)15-6)17(5-14-8)12-9-10(19)13(3-18,21-12)4-20-9/h5,9-10,12,18-19H,3-4H2,1-2H3/t9?,10-,12-,13+/m1/s1. The van der Waals surface area contributed by atoms with Gasteiger partial charge in [-0.3, -0.25) is 4.57 Å². The van der Waals surface area contributed by atoms with Gasteiger partial charge in [-0.05, 0) is 13.8 Å². The molecule has 0 aromatic carbocycles. The van der Waals surface area contributed by atoms with Crippen LogP contribution in [0.15, 0.2) is 6.33 Å². The number of fused-ring (bicyclic) bond motifs is 3. The van der Waals surface area contributed by atoms with Crippen LogP contribution in [0.5, 0.6) is 0 Å². The summed E-state index contributed by atoms with van der Waals surface area (Å²) >= 11 is 0. The van der Waals surface area contributed by atoms with Crippen molar-refractivity contribution in [3.05, 3.63) is 17.8 Å². The maximum absolute atomic E-state index is 10.3. The van der Waals surface area contributed by atoms with Gasteiger partial charge in [0.05, 0.1) is 25.2 Å². The van der Waals surface area contributed by atoms with E-state index >= 15 is 0 Å². The molecule has 8 heteroatoms. The predicted octanol–water partition coefficient (Wildman–Crippen LogP) is -0.537. The molecule has 4 atom stereocenters. The Balaban J connectivity index is 1.82. The molecule has 2 aliphatic heterocycles. The Bertz CT molecular complexity index is 718. The van der Waals surface area contributed by atoms with E-state index in [1.54, 1.807) is 10.9 Å². The summed E-state index contributed by atoms with van der Waals surface area (Å²) in [4.78, 5) is 13.0. The average molecular weight is 292 g/mol. The van der Waals surface area contributed by atoms with Gasteiger partial charge in [0.1, 0.15) is 29.2 Å². The smallest absolute Gasteiger partial charge is 0.166 e. The van der Waals surface area contributed by atoms with Gasteiger partial charge in [0.15, 0.2) is 11.9 Å². The molecule has 0 saturated carbocycles. The Morgan fingerprint density at radius 2 is 2.24 bits per heavy atom. The maximum atomic E-state index is 10.3. The number of hydrogen-bond acceptors (Lipinski definition) is 7. The van der Waals surface area contributed by atoms with Gasteiger partial charge in [-0.1, -0.05) is 0 Å². The zero-order valence-corrected chi connectivity index (χ0v) is 11.7. The van der Waals surface area contributed by atoms with E-state index in [2.05, 4.69) is 15.0 Å². The van der Waals surface area contributed by atoms with Crippen LogP contribution in [0.2, 0.25) is 0 Å². The first-order valence-electron chi connectivity index (χ1n) is 6.82. The van der Waals surface area contributed by atoms with Crippen molar-refractivity contribution in [2.75, 3.05) is 13.2 Å². The highest BCUT2D eigenvalue weighted by Crippen LogP contribution is 2.45. The Kier molecular flexibility index (Phi) is 2.62. The molecule has 4 heterocycles. The van der Waals surface area contributed by atoms with Gasteiger partial charge >= 0.3 is 0 Å². The van der Waals surface area contributed by atoms with Crippen molar-refractivity contribution >= 4 is 11.2 Å². The highest BCUT2D eigenvalue weighted by molar-refractivity contribution is 5.73. The Labute approximate surface area is 120 Å². The lowest BCUT2D eigenvalue weighted by atomic mass is 10.0. The molecule has 2 saturated heterocycles. The van der Waals surface area contributed by atoms with Crippen LogP contribution in [-0.4, -0.2) is 60.8 Å². The first kappa shape index (κ1) is 13.1. The van der Waals surface area contributed by atoms with Crippen LogP contribution in [0.1, 0.15) is 17.7 Å². The first-order chi connectivity index (χ1) is 10.1. The van der Waals surface area contributed by atoms with E-state index in [4.69, 9.17) is 9.47 Å². The molecular formula is C13H16N4O4. The number of rotatable bonds is 2. The molecule has 2 N–H and O–H groups in total. The fraction of sp³-hybridized carbons (Fsp3) is 0.615. The summed E-state index contributed by atoms with van der Waals surface area (Å²) in [5, 5.41) is 19.8. The second-order valence-corrected chi connectivity index (χ2v) is 5.63. The molecule has 4 rings (SSSR count). The number of aromatic nitrogens is 4. The number of aliphatic hydroxyl groups is 2. The van der Waals surface area contributed by atoms with Crippen molar-refractivity contribution < 1.29 is 19.7 Å². The van der Waals surface area contributed by atoms with Crippen LogP contribution in [0.3, 0.4) is 0 Å². The topological polar surface area (TPSA) is 103 Å². The number of aliphatic hydroxyl groups excluding tert-OH is 2. The van der Waals surface area contributed by atoms with Crippen molar-refractivity contribution in [1.29, 1.82) is 0 Å². The van der Waals surface area contributed by atoms with E-state index in [0.717, 1.165) is 5.69 Å². The fourth-order valence-corrected chi connectivity index (χ4v) is 3.13. The molecule has 0 aliphatic carbocycles. The molecule has 2 aromatic rings. The van der Waals surface area contributed by atoms with Crippen LogP contribution in [0.25, 0.3) is 11.2 Å². The summed E-state index contributed by atoms with van der Waals surface area (Å²) in [6.07, 6.45) is -0.350. The number of imidazole rings is 1. The van der Waals surface area contributed by atoms with Gasteiger partial charge in [0.2, 0.25) is 0 Å². The van der Waals surface area contributed by atoms with Crippen molar-refractivity contribution in [2.24, 2.45) is 0 Å². The molecule has 0 amide bonds. The average Bonchev–Trinajstić information content (AvgIpc) is 3.09. The second-order valence-electron chi connectivity index (χ2n) is 5.63. The summed E-state index contributed by atoms with van der Waals surface area (Å²) in [5.41, 5.74) is 1.07. The van der Waals surface area contributed by atoms with Crippen LogP contribution in [0, 0.1) is 13.8 Å². The van der Waals surface area contributed by atoms with Gasteiger partial charge in [-0.2, -0.15) is 0 Å². The fourth-order valence-electron chi connectivity index (χ4n) is 3.13. The molecule has 2 fully saturated rings. The van der Waals surface area contributed by atoms with Gasteiger partial charge < -0.3 is 19.7 Å². The van der Waals surface area contributed by atoms with Crippen LogP contribution in [0.4, 0.5) is 0 Å². The summed E-state index contributed by atoms with van der Waals surface area (Å²) in [6.45, 7) is 3.58. The van der Waals surface area contributed by atoms with Crippen molar-refractivity contribution in [3.63, 3.8) is 0 Å². The third-order valence-corrected chi connectivity index (χ3v) is 4.26. The molecule has 21 heavy (non-hydrogen) atoms. The lowest BCUT2D eigenvalue weighted by Gasteiger charge is -2.29. The minimum atomic E-state index is -1.05. The lowest BCUT2D eigenvalue weighted by Crippen LogP contribution is -2.44. The SMILES string of the molecule is Cc1nc(C)c2ncn([C@@H]3O[C@@]4(CO)COC3[C@H]4O)c2n1. The maximum Gasteiger partial charge on any atom is 0.166 e. The van der Waals surface area contributed by atoms with Crippen LogP contribution in [-0.2, 0) is 9.47 Å². The van der Waals surface area contributed by atoms with E-state index in [9.17, 15) is 10.2 Å². The summed E-state index contributed by atoms with van der Waals surface area (Å²) in [6, 6.07) is 0. The third kappa shape index (κ3) is 1.61. The van der Waals surface area contributed by atoms with E-state index in [1.165, 1.54) is 0 Å². The molecule has 2 aromatic heterocycles. The molecule has 8 nitrogen and oxygen atoms in total. The number of hydrogen-bond donors (Lipinski definition) is 2. The first-order valence-corrected chi connectivity index (χ1v) is 6.82. The Hall–Kier alpha value is -1.61. The van der Waals surface area contributed by atoms with Crippen LogP contribution < -0.4 is 0 Å². The van der Waals surface area contributed by atoms with Crippen molar-refractivity contribution in [3.8, 4) is 0 Å². The Morgan fingerprint density at radius 3 is 2.95 bits per heavy atom. The van der Waals surface area contributed by atoms with E-state index in [-0.39, 0.29) is 13.2 Å². The van der Waals surface area contributed by atoms with Crippen molar-refractivity contribution in [2.45, 2.75) is 37.9 Å². The van der Waals surface area contributed by atoms with E-state index in [1.807, 2.05) is 13.8 Å². The van der Waals surface area contributed by atoms with Crippen molar-refractivity contribution in [1.82, 2.24) is 19.5 Å². The molecular weight excluding hydrogens is 276 g/mol. The molecule has 112 valence electrons. The summed E-state index contributed by atoms with van der Waals surface area (Å²) in [5.74, 6) is 0.642. The van der Waals surface area contributed by atoms with Gasteiger partial charge in [-0.25, -0.2) is 15.0 Å². The minimum absolute atomic E-state index is 0.186. The molecule has 2 bridgehead atoms. The molecule has 2 aliphatic rings. The van der Waals surface area contributed by atoms with E-state index in [0.29, 0.717) is 17.0 Å². The second kappa shape index (κ2) is 4.20. The highest BCUT2D eigenvalue weighted by atomic mass is 16.7. The number of nitrogens with zero attached hydrogens (tertiary/aromatic N) is 4. The predicted molar refractivity (Wildman–Crippen MR) is 70.5 cm³/mol. The summed E-state index contributed by atoms with van der Waals surface area (Å²) in [7, 11) is 0. The number of aryl methyl sites for hydroxylation is 2. The van der Waals surface area contributed by atoms with Gasteiger partial charge in [0, 0.05) is 0 Å². The molecule has 0 spiro atoms. The molecule has 0 radical (unpaired) electrons. The van der Waals surface area contributed by atoms with E-state index < -0.39 is 24.0 Å². The summed E-state index contributed by atoms with van der Waals surface area (Å²) < 4.78 is 13.2. The van der Waals surface area contributed by atoms with Crippen LogP contribution >= 0.6 is 0 Å². The normalized spacial score (nSPS) is 35.0. The monoisotopic (exact) mass is 292 g/mol. The van der Waals surface area contributed by atoms with Gasteiger partial charge in [-0.15, -0.1) is 0 Å². The number of ether oxygens (including phenoxy) is 2. The highest BCUT2D eigenvalue weighted by Gasteiger charge is 2.61. The minimum Gasteiger partial charge on any atom is -0.393 e. The van der Waals surface area contributed by atoms with Gasteiger partial charge in [0.25, 0.3) is 0 Å². The molecule has 1 unspecified atom stereocenters. The zero-order valence-electron chi connectivity index (χ0n) is 11.7. The zero-order chi connectivity index (χ0) is 14.8. The largest absolute Gasteiger partial charge is 0.393 e. The lowest BCUT2D eigenvalue weighted by molar-refractivity contribution is -0.185. The third-order valence-electron chi connectivity index (χ3n) is 4.26. The Morgan fingerprint density at radius 1 is 1.43 bits per heavy atom. The quantitative estimate of drug-likeness (QED) is 0.766.